The third kappa shape index (κ3) is 3.42. The van der Waals surface area contributed by atoms with E-state index in [1.807, 2.05) is 23.1 Å². The summed E-state index contributed by atoms with van der Waals surface area (Å²) in [6.45, 7) is 8.38. The van der Waals surface area contributed by atoms with Gasteiger partial charge in [-0.2, -0.15) is 5.10 Å². The highest BCUT2D eigenvalue weighted by atomic mass is 16.5. The van der Waals surface area contributed by atoms with Gasteiger partial charge in [-0.3, -0.25) is 9.48 Å². The maximum absolute atomic E-state index is 12.6. The minimum Gasteiger partial charge on any atom is -0.373 e. The number of rotatable bonds is 6. The summed E-state index contributed by atoms with van der Waals surface area (Å²) in [7, 11) is 0. The van der Waals surface area contributed by atoms with Crippen molar-refractivity contribution in [3.8, 4) is 0 Å². The van der Waals surface area contributed by atoms with Crippen LogP contribution >= 0.6 is 0 Å². The maximum Gasteiger partial charge on any atom is 0.220 e. The Hall–Kier alpha value is -2.14. The average Bonchev–Trinajstić information content (AvgIpc) is 3.44. The van der Waals surface area contributed by atoms with Crippen LogP contribution in [-0.4, -0.2) is 28.3 Å². The number of nitrogens with zero attached hydrogens (tertiary/aromatic N) is 2. The van der Waals surface area contributed by atoms with Gasteiger partial charge in [-0.05, 0) is 65.5 Å². The van der Waals surface area contributed by atoms with Gasteiger partial charge in [0.2, 0.25) is 5.91 Å². The molecule has 31 heavy (non-hydrogen) atoms. The Labute approximate surface area is 185 Å². The van der Waals surface area contributed by atoms with Crippen molar-refractivity contribution in [1.82, 2.24) is 15.1 Å². The molecule has 2 aliphatic carbocycles. The fourth-order valence-corrected chi connectivity index (χ4v) is 6.97. The lowest BCUT2D eigenvalue weighted by Gasteiger charge is -2.53. The predicted octanol–water partition coefficient (Wildman–Crippen LogP) is 4.73. The van der Waals surface area contributed by atoms with Gasteiger partial charge in [-0.25, -0.2) is 0 Å². The smallest absolute Gasteiger partial charge is 0.220 e. The van der Waals surface area contributed by atoms with Gasteiger partial charge in [-0.1, -0.05) is 45.0 Å². The number of hydrogen-bond donors (Lipinski definition) is 1. The number of nitrogens with one attached hydrogen (secondary N) is 1. The summed E-state index contributed by atoms with van der Waals surface area (Å²) in [5.41, 5.74) is 2.83. The first-order chi connectivity index (χ1) is 14.9. The van der Waals surface area contributed by atoms with E-state index in [1.165, 1.54) is 24.0 Å². The van der Waals surface area contributed by atoms with Crippen LogP contribution in [0.4, 0.5) is 0 Å². The molecule has 1 N–H and O–H groups in total. The minimum absolute atomic E-state index is 0.124. The van der Waals surface area contributed by atoms with Gasteiger partial charge in [0.15, 0.2) is 0 Å². The molecule has 2 saturated carbocycles. The van der Waals surface area contributed by atoms with E-state index in [4.69, 9.17) is 4.74 Å². The van der Waals surface area contributed by atoms with Crippen molar-refractivity contribution in [3.05, 3.63) is 53.9 Å². The zero-order valence-electron chi connectivity index (χ0n) is 19.0. The Balaban J connectivity index is 1.38. The van der Waals surface area contributed by atoms with E-state index in [2.05, 4.69) is 55.5 Å². The lowest BCUT2D eigenvalue weighted by molar-refractivity contribution is -0.137. The Bertz CT molecular complexity index is 921. The van der Waals surface area contributed by atoms with Crippen LogP contribution in [0.2, 0.25) is 0 Å². The molecule has 3 aliphatic rings. The molecule has 5 heteroatoms. The molecular weight excluding hydrogens is 386 g/mol. The fourth-order valence-electron chi connectivity index (χ4n) is 6.97. The van der Waals surface area contributed by atoms with Crippen LogP contribution in [0, 0.1) is 22.7 Å². The molecule has 2 bridgehead atoms. The molecule has 2 aromatic rings. The van der Waals surface area contributed by atoms with Crippen LogP contribution in [0.5, 0.6) is 0 Å². The molecule has 3 fully saturated rings. The number of hydrogen-bond acceptors (Lipinski definition) is 3. The molecule has 1 saturated heterocycles. The van der Waals surface area contributed by atoms with Crippen molar-refractivity contribution >= 4 is 5.91 Å². The third-order valence-electron chi connectivity index (χ3n) is 8.50. The molecule has 5 atom stereocenters. The van der Waals surface area contributed by atoms with E-state index in [0.717, 1.165) is 26.0 Å². The van der Waals surface area contributed by atoms with E-state index in [0.29, 0.717) is 18.3 Å². The molecule has 5 rings (SSSR count). The number of ether oxygens (including phenoxy) is 1. The maximum atomic E-state index is 12.6. The van der Waals surface area contributed by atoms with Gasteiger partial charge in [-0.15, -0.1) is 0 Å². The van der Waals surface area contributed by atoms with E-state index >= 15 is 0 Å². The Kier molecular flexibility index (Phi) is 5.20. The Morgan fingerprint density at radius 3 is 2.81 bits per heavy atom. The van der Waals surface area contributed by atoms with Crippen molar-refractivity contribution in [2.24, 2.45) is 22.7 Å². The topological polar surface area (TPSA) is 56.2 Å². The number of benzene rings is 1. The molecule has 1 aromatic heterocycles. The first kappa shape index (κ1) is 20.7. The van der Waals surface area contributed by atoms with Crippen molar-refractivity contribution in [2.75, 3.05) is 6.61 Å². The van der Waals surface area contributed by atoms with Gasteiger partial charge in [0.05, 0.1) is 12.6 Å². The Morgan fingerprint density at radius 1 is 1.29 bits per heavy atom. The number of carbonyl (C=O) groups is 1. The second-order valence-electron chi connectivity index (χ2n) is 10.5. The zero-order valence-corrected chi connectivity index (χ0v) is 19.0. The van der Waals surface area contributed by atoms with E-state index in [-0.39, 0.29) is 28.9 Å². The van der Waals surface area contributed by atoms with Crippen LogP contribution in [0.3, 0.4) is 0 Å². The molecular formula is C26H35N3O2. The van der Waals surface area contributed by atoms with E-state index < -0.39 is 0 Å². The molecule has 2 heterocycles. The standard InChI is InChI=1S/C26H35N3O2/c1-4-6-22(30)28-24-25(2,3)20-15-21-23(31-14-11-26(21,24)16-20)19-9-7-18(8-10-19)17-29-13-5-12-27-29/h5,7-10,12-13,20-21,23-24H,4,6,11,14-17H2,1-3H3,(H,28,30)/t20-,21-,23-,24-,26?/m1/s1. The van der Waals surface area contributed by atoms with Gasteiger partial charge in [0.1, 0.15) is 0 Å². The highest BCUT2D eigenvalue weighted by molar-refractivity contribution is 5.76. The SMILES string of the molecule is CCCC(=O)N[C@@H]1C(C)(C)[C@@H]2C[C@@H]3[C@@H](c4ccc(Cn5cccn5)cc4)OCCC31C2. The summed E-state index contributed by atoms with van der Waals surface area (Å²) in [5.74, 6) is 1.34. The summed E-state index contributed by atoms with van der Waals surface area (Å²) in [6, 6.07) is 11.1. The summed E-state index contributed by atoms with van der Waals surface area (Å²) < 4.78 is 8.36. The number of amides is 1. The molecule has 1 aromatic carbocycles. The molecule has 1 amide bonds. The molecule has 5 nitrogen and oxygen atoms in total. The normalized spacial score (nSPS) is 33.3. The summed E-state index contributed by atoms with van der Waals surface area (Å²) in [4.78, 5) is 12.6. The molecule has 166 valence electrons. The van der Waals surface area contributed by atoms with Crippen molar-refractivity contribution in [1.29, 1.82) is 0 Å². The molecule has 1 aliphatic heterocycles. The quantitative estimate of drug-likeness (QED) is 0.734. The van der Waals surface area contributed by atoms with Gasteiger partial charge >= 0.3 is 0 Å². The van der Waals surface area contributed by atoms with Crippen LogP contribution in [0.25, 0.3) is 0 Å². The lowest BCUT2D eigenvalue weighted by atomic mass is 9.59. The zero-order chi connectivity index (χ0) is 21.6. The highest BCUT2D eigenvalue weighted by Crippen LogP contribution is 2.70. The van der Waals surface area contributed by atoms with Crippen molar-refractivity contribution in [3.63, 3.8) is 0 Å². The molecule has 0 radical (unpaired) electrons. The van der Waals surface area contributed by atoms with Gasteiger partial charge < -0.3 is 10.1 Å². The molecule has 1 spiro atoms. The van der Waals surface area contributed by atoms with Gasteiger partial charge in [0.25, 0.3) is 0 Å². The van der Waals surface area contributed by atoms with Gasteiger partial charge in [0, 0.05) is 31.5 Å². The number of fused-ring (bicyclic) bond motifs is 1. The van der Waals surface area contributed by atoms with Crippen LogP contribution in [-0.2, 0) is 16.1 Å². The monoisotopic (exact) mass is 421 g/mol. The second-order valence-corrected chi connectivity index (χ2v) is 10.5. The summed E-state index contributed by atoms with van der Waals surface area (Å²) in [6.07, 6.45) is 8.93. The highest BCUT2D eigenvalue weighted by Gasteiger charge is 2.68. The fraction of sp³-hybridized carbons (Fsp3) is 0.615. The average molecular weight is 422 g/mol. The second kappa shape index (κ2) is 7.77. The van der Waals surface area contributed by atoms with Crippen LogP contribution in [0.15, 0.2) is 42.7 Å². The van der Waals surface area contributed by atoms with Crippen molar-refractivity contribution in [2.45, 2.75) is 71.6 Å². The first-order valence-corrected chi connectivity index (χ1v) is 11.9. The van der Waals surface area contributed by atoms with Crippen molar-refractivity contribution < 1.29 is 9.53 Å². The third-order valence-corrected chi connectivity index (χ3v) is 8.50. The molecule has 1 unspecified atom stereocenters. The first-order valence-electron chi connectivity index (χ1n) is 11.9. The minimum atomic E-state index is 0.124. The van der Waals surface area contributed by atoms with Crippen LogP contribution in [0.1, 0.15) is 70.1 Å². The largest absolute Gasteiger partial charge is 0.373 e. The predicted molar refractivity (Wildman–Crippen MR) is 120 cm³/mol. The summed E-state index contributed by atoms with van der Waals surface area (Å²) >= 11 is 0. The number of carbonyl (C=O) groups excluding carboxylic acids is 1. The van der Waals surface area contributed by atoms with E-state index in [9.17, 15) is 4.79 Å². The van der Waals surface area contributed by atoms with E-state index in [1.54, 1.807) is 0 Å². The van der Waals surface area contributed by atoms with Crippen LogP contribution < -0.4 is 5.32 Å². The summed E-state index contributed by atoms with van der Waals surface area (Å²) in [5, 5.41) is 7.80. The lowest BCUT2D eigenvalue weighted by Crippen LogP contribution is -2.58. The number of aromatic nitrogens is 2. The Morgan fingerprint density at radius 2 is 2.10 bits per heavy atom.